The van der Waals surface area contributed by atoms with Gasteiger partial charge in [-0.25, -0.2) is 19.4 Å². The highest BCUT2D eigenvalue weighted by Gasteiger charge is 2.38. The molecule has 2 aliphatic heterocycles. The van der Waals surface area contributed by atoms with E-state index < -0.39 is 43.1 Å². The molecule has 49 heavy (non-hydrogen) atoms. The number of H-pyrrole nitrogens is 1. The number of fused-ring (bicyclic) bond motifs is 4. The average molecular weight is 716 g/mol. The molecular weight excluding hydrogens is 689 g/mol. The summed E-state index contributed by atoms with van der Waals surface area (Å²) in [7, 11) is 1.24. The molecule has 3 heterocycles. The van der Waals surface area contributed by atoms with Gasteiger partial charge < -0.3 is 29.6 Å². The minimum atomic E-state index is -5.08. The molecule has 1 fully saturated rings. The number of amides is 3. The number of aromatic nitrogens is 2. The third-order valence-electron chi connectivity index (χ3n) is 7.02. The average Bonchev–Trinajstić information content (AvgIpc) is 3.51. The van der Waals surface area contributed by atoms with Crippen LogP contribution >= 0.6 is 11.6 Å². The number of carboxylic acids is 1. The molecule has 0 saturated carbocycles. The summed E-state index contributed by atoms with van der Waals surface area (Å²) in [4.78, 5) is 55.8. The van der Waals surface area contributed by atoms with Gasteiger partial charge >= 0.3 is 30.9 Å². The highest BCUT2D eigenvalue weighted by molar-refractivity contribution is 6.30. The highest BCUT2D eigenvalue weighted by Crippen LogP contribution is 2.39. The Morgan fingerprint density at radius 1 is 1.16 bits per heavy atom. The molecule has 2 bridgehead atoms. The van der Waals surface area contributed by atoms with Crippen molar-refractivity contribution in [2.75, 3.05) is 24.3 Å². The van der Waals surface area contributed by atoms with Gasteiger partial charge in [0, 0.05) is 41.2 Å². The monoisotopic (exact) mass is 715 g/mol. The smallest absolute Gasteiger partial charge is 0.475 e. The van der Waals surface area contributed by atoms with Crippen molar-refractivity contribution < 1.29 is 60.4 Å². The molecule has 1 aromatic heterocycles. The van der Waals surface area contributed by atoms with Crippen molar-refractivity contribution in [2.24, 2.45) is 0 Å². The number of methoxy groups -OCH3 is 1. The summed E-state index contributed by atoms with van der Waals surface area (Å²) in [5.41, 5.74) is 2.26. The lowest BCUT2D eigenvalue weighted by molar-refractivity contribution is -0.192. The van der Waals surface area contributed by atoms with E-state index in [-0.39, 0.29) is 41.6 Å². The number of carbonyl (C=O) groups is 4. The van der Waals surface area contributed by atoms with E-state index in [1.165, 1.54) is 30.2 Å². The van der Waals surface area contributed by atoms with Crippen LogP contribution in [-0.4, -0.2) is 70.5 Å². The van der Waals surface area contributed by atoms with Gasteiger partial charge in [-0.3, -0.25) is 15.0 Å². The van der Waals surface area contributed by atoms with Gasteiger partial charge in [-0.15, -0.1) is 0 Å². The van der Waals surface area contributed by atoms with Crippen LogP contribution in [0.15, 0.2) is 54.7 Å². The zero-order valence-corrected chi connectivity index (χ0v) is 26.0. The first-order valence-corrected chi connectivity index (χ1v) is 14.5. The molecular formula is C30H27ClF5N5O8. The molecule has 4 N–H and O–H groups in total. The van der Waals surface area contributed by atoms with Gasteiger partial charge in [0.1, 0.15) is 17.7 Å². The zero-order chi connectivity index (χ0) is 35.9. The van der Waals surface area contributed by atoms with Crippen LogP contribution in [-0.2, 0) is 19.1 Å². The number of hydrogen-bond donors (Lipinski definition) is 4. The number of nitrogens with one attached hydrogen (secondary N) is 3. The quantitative estimate of drug-likeness (QED) is 0.159. The zero-order valence-electron chi connectivity index (χ0n) is 25.2. The van der Waals surface area contributed by atoms with E-state index in [1.807, 2.05) is 0 Å². The number of aromatic amines is 1. The van der Waals surface area contributed by atoms with Crippen LogP contribution < -0.4 is 15.4 Å². The number of aliphatic carboxylic acids is 1. The Hall–Kier alpha value is -5.39. The normalized spacial score (nSPS) is 18.3. The second-order valence-corrected chi connectivity index (χ2v) is 10.7. The van der Waals surface area contributed by atoms with E-state index in [1.54, 1.807) is 36.5 Å². The lowest BCUT2D eigenvalue weighted by Gasteiger charge is -2.36. The number of carbonyl (C=O) groups excluding carboxylic acids is 3. The second kappa shape index (κ2) is 15.7. The third-order valence-corrected chi connectivity index (χ3v) is 7.25. The Bertz CT molecular complexity index is 1730. The number of nitrogens with zero attached hydrogens (tertiary/aromatic N) is 2. The van der Waals surface area contributed by atoms with E-state index in [9.17, 15) is 36.3 Å². The summed E-state index contributed by atoms with van der Waals surface area (Å²) in [6.07, 6.45) is -1.56. The van der Waals surface area contributed by atoms with Crippen molar-refractivity contribution >= 4 is 47.0 Å². The molecule has 3 aromatic rings. The standard InChI is InChI=1S/C28H26ClF2N5O6.C2HF3O2/c1-40-27(38)33-16-7-8-17-19(13-16)34-24(37)5-3-2-4-21(25-32-14-20(17)35-25)36-11-10-23(42-28(36)39)18-12-15(29)6-9-22(18)41-26(30)31;3-2(4,5)1(6)7/h2-3,6-9,12-14,21,23,26H,4-5,10-11H2,1H3,(H,32,35)(H,33,38)(H,34,37);(H,6,7)/b3-2+;/t21-,23?;/m0./s1. The van der Waals surface area contributed by atoms with Crippen LogP contribution in [0.4, 0.5) is 42.9 Å². The predicted octanol–water partition coefficient (Wildman–Crippen LogP) is 7.06. The third kappa shape index (κ3) is 9.59. The molecule has 1 unspecified atom stereocenters. The number of benzene rings is 2. The Kier molecular flexibility index (Phi) is 11.7. The summed E-state index contributed by atoms with van der Waals surface area (Å²) in [5, 5.41) is 12.8. The molecule has 13 nitrogen and oxygen atoms in total. The maximum absolute atomic E-state index is 13.3. The minimum Gasteiger partial charge on any atom is -0.475 e. The van der Waals surface area contributed by atoms with E-state index in [0.29, 0.717) is 34.9 Å². The predicted molar refractivity (Wildman–Crippen MR) is 162 cm³/mol. The Labute approximate surface area is 279 Å². The molecule has 2 aromatic carbocycles. The number of imidazole rings is 1. The summed E-state index contributed by atoms with van der Waals surface area (Å²) >= 11 is 6.09. The molecule has 3 amide bonds. The van der Waals surface area contributed by atoms with E-state index in [0.717, 1.165) is 0 Å². The van der Waals surface area contributed by atoms with Crippen LogP contribution in [0.5, 0.6) is 5.75 Å². The fraction of sp³-hybridized carbons (Fsp3) is 0.300. The lowest BCUT2D eigenvalue weighted by atomic mass is 10.0. The molecule has 19 heteroatoms. The first-order chi connectivity index (χ1) is 23.2. The molecule has 1 saturated heterocycles. The maximum Gasteiger partial charge on any atom is 0.490 e. The van der Waals surface area contributed by atoms with Gasteiger partial charge in [0.15, 0.2) is 0 Å². The van der Waals surface area contributed by atoms with Gasteiger partial charge in [0.2, 0.25) is 5.91 Å². The Balaban J connectivity index is 0.000000698. The van der Waals surface area contributed by atoms with Crippen molar-refractivity contribution in [1.82, 2.24) is 14.9 Å². The molecule has 262 valence electrons. The number of halogens is 6. The maximum atomic E-state index is 13.3. The van der Waals surface area contributed by atoms with E-state index >= 15 is 0 Å². The molecule has 0 spiro atoms. The van der Waals surface area contributed by atoms with Gasteiger partial charge in [-0.2, -0.15) is 22.0 Å². The van der Waals surface area contributed by atoms with Crippen LogP contribution in [0, 0.1) is 0 Å². The number of rotatable bonds is 5. The molecule has 5 rings (SSSR count). The number of alkyl halides is 5. The van der Waals surface area contributed by atoms with E-state index in [4.69, 9.17) is 26.2 Å². The number of hydrogen-bond acceptors (Lipinski definition) is 8. The first-order valence-electron chi connectivity index (χ1n) is 14.2. The van der Waals surface area contributed by atoms with Crippen molar-refractivity contribution in [3.05, 3.63) is 71.2 Å². The fourth-order valence-corrected chi connectivity index (χ4v) is 5.03. The first kappa shape index (κ1) is 36.4. The number of cyclic esters (lactones) is 1. The number of ether oxygens (including phenoxy) is 3. The Morgan fingerprint density at radius 2 is 1.90 bits per heavy atom. The summed E-state index contributed by atoms with van der Waals surface area (Å²) in [6, 6.07) is 8.55. The molecule has 0 radical (unpaired) electrons. The van der Waals surface area contributed by atoms with Crippen LogP contribution in [0.25, 0.3) is 11.3 Å². The summed E-state index contributed by atoms with van der Waals surface area (Å²) < 4.78 is 72.6. The molecule has 2 atom stereocenters. The SMILES string of the molecule is COC(=O)Nc1ccc2c(c1)NC(=O)C/C=C/C[C@H](N1CCC(c3cc(Cl)ccc3OC(F)F)OC1=O)c1ncc-2[nH]1.O=C(O)C(F)(F)F. The van der Waals surface area contributed by atoms with Crippen molar-refractivity contribution in [2.45, 2.75) is 44.2 Å². The van der Waals surface area contributed by atoms with Crippen LogP contribution in [0.1, 0.15) is 42.8 Å². The number of anilines is 2. The van der Waals surface area contributed by atoms with Gasteiger partial charge in [-0.05, 0) is 42.8 Å². The fourth-order valence-electron chi connectivity index (χ4n) is 4.85. The van der Waals surface area contributed by atoms with Crippen molar-refractivity contribution in [1.29, 1.82) is 0 Å². The summed E-state index contributed by atoms with van der Waals surface area (Å²) in [6.45, 7) is -2.84. The number of carboxylic acid groups (broad SMARTS) is 1. The van der Waals surface area contributed by atoms with Gasteiger partial charge in [0.05, 0.1) is 30.7 Å². The topological polar surface area (TPSA) is 172 Å². The molecule has 2 aliphatic rings. The van der Waals surface area contributed by atoms with Crippen molar-refractivity contribution in [3.63, 3.8) is 0 Å². The second-order valence-electron chi connectivity index (χ2n) is 10.3. The van der Waals surface area contributed by atoms with Gasteiger partial charge in [0.25, 0.3) is 0 Å². The molecule has 0 aliphatic carbocycles. The largest absolute Gasteiger partial charge is 0.490 e. The van der Waals surface area contributed by atoms with Crippen LogP contribution in [0.2, 0.25) is 5.02 Å². The minimum absolute atomic E-state index is 0.0635. The lowest BCUT2D eigenvalue weighted by Crippen LogP contribution is -2.42. The van der Waals surface area contributed by atoms with Gasteiger partial charge in [-0.1, -0.05) is 23.8 Å². The van der Waals surface area contributed by atoms with E-state index in [2.05, 4.69) is 30.1 Å². The highest BCUT2D eigenvalue weighted by atomic mass is 35.5. The van der Waals surface area contributed by atoms with Crippen LogP contribution in [0.3, 0.4) is 0 Å². The van der Waals surface area contributed by atoms with Crippen molar-refractivity contribution in [3.8, 4) is 17.0 Å². The summed E-state index contributed by atoms with van der Waals surface area (Å²) in [5.74, 6) is -2.69. The Morgan fingerprint density at radius 3 is 2.55 bits per heavy atom.